The molecule has 0 aliphatic heterocycles. The second kappa shape index (κ2) is 5.04. The molecule has 16 heavy (non-hydrogen) atoms. The summed E-state index contributed by atoms with van der Waals surface area (Å²) in [5, 5.41) is 30.1. The van der Waals surface area contributed by atoms with Crippen molar-refractivity contribution in [3.05, 3.63) is 33.6 Å². The Morgan fingerprint density at radius 3 is 2.81 bits per heavy atom. The average molecular weight is 225 g/mol. The van der Waals surface area contributed by atoms with Gasteiger partial charge in [0.2, 0.25) is 0 Å². The Hall–Kier alpha value is -2.20. The minimum atomic E-state index is -0.890. The number of aliphatic hydroxyl groups is 1. The van der Waals surface area contributed by atoms with Crippen LogP contribution < -0.4 is 5.32 Å². The highest BCUT2D eigenvalue weighted by Crippen LogP contribution is 2.28. The van der Waals surface area contributed by atoms with Gasteiger partial charge < -0.3 is 10.4 Å². The van der Waals surface area contributed by atoms with Crippen molar-refractivity contribution in [3.8, 4) is 6.07 Å². The SMILES string of the molecule is N#Cc1cc(F)c(NCCO)c([N+](=O)[O-])c1. The Morgan fingerprint density at radius 1 is 1.62 bits per heavy atom. The van der Waals surface area contributed by atoms with E-state index < -0.39 is 16.4 Å². The molecule has 0 saturated heterocycles. The van der Waals surface area contributed by atoms with E-state index in [0.29, 0.717) is 0 Å². The highest BCUT2D eigenvalue weighted by atomic mass is 19.1. The first-order valence-corrected chi connectivity index (χ1v) is 4.33. The van der Waals surface area contributed by atoms with Crippen LogP contribution in [0.25, 0.3) is 0 Å². The predicted molar refractivity (Wildman–Crippen MR) is 53.3 cm³/mol. The van der Waals surface area contributed by atoms with E-state index >= 15 is 0 Å². The zero-order valence-electron chi connectivity index (χ0n) is 8.11. The van der Waals surface area contributed by atoms with Crippen molar-refractivity contribution in [2.24, 2.45) is 0 Å². The number of nitrogens with one attached hydrogen (secondary N) is 1. The first kappa shape index (κ1) is 11.9. The lowest BCUT2D eigenvalue weighted by molar-refractivity contribution is -0.384. The molecule has 0 saturated carbocycles. The summed E-state index contributed by atoms with van der Waals surface area (Å²) in [7, 11) is 0. The molecule has 2 N–H and O–H groups in total. The second-order valence-electron chi connectivity index (χ2n) is 2.87. The van der Waals surface area contributed by atoms with Gasteiger partial charge in [0.25, 0.3) is 5.69 Å². The first-order chi connectivity index (χ1) is 7.60. The van der Waals surface area contributed by atoms with Gasteiger partial charge in [-0.1, -0.05) is 0 Å². The van der Waals surface area contributed by atoms with E-state index in [4.69, 9.17) is 10.4 Å². The van der Waals surface area contributed by atoms with Crippen molar-refractivity contribution in [2.45, 2.75) is 0 Å². The standard InChI is InChI=1S/C9H8FN3O3/c10-7-3-6(5-11)4-8(13(15)16)9(7)12-1-2-14/h3-4,12,14H,1-2H2. The Kier molecular flexibility index (Phi) is 3.74. The van der Waals surface area contributed by atoms with Crippen LogP contribution in [-0.4, -0.2) is 23.2 Å². The lowest BCUT2D eigenvalue weighted by Gasteiger charge is -2.06. The summed E-state index contributed by atoms with van der Waals surface area (Å²) in [4.78, 5) is 9.84. The largest absolute Gasteiger partial charge is 0.395 e. The van der Waals surface area contributed by atoms with Gasteiger partial charge in [0.1, 0.15) is 5.69 Å². The summed E-state index contributed by atoms with van der Waals surface area (Å²) in [6.45, 7) is -0.291. The fourth-order valence-corrected chi connectivity index (χ4v) is 1.16. The summed E-state index contributed by atoms with van der Waals surface area (Å²) < 4.78 is 13.4. The van der Waals surface area contributed by atoms with Crippen LogP contribution in [0.4, 0.5) is 15.8 Å². The van der Waals surface area contributed by atoms with Crippen molar-refractivity contribution in [1.82, 2.24) is 0 Å². The molecule has 0 spiro atoms. The number of hydrogen-bond acceptors (Lipinski definition) is 5. The van der Waals surface area contributed by atoms with Crippen LogP contribution in [0.15, 0.2) is 12.1 Å². The molecule has 6 nitrogen and oxygen atoms in total. The van der Waals surface area contributed by atoms with Gasteiger partial charge in [0, 0.05) is 12.6 Å². The van der Waals surface area contributed by atoms with Gasteiger partial charge in [-0.15, -0.1) is 0 Å². The molecule has 0 atom stereocenters. The van der Waals surface area contributed by atoms with E-state index in [1.807, 2.05) is 0 Å². The van der Waals surface area contributed by atoms with E-state index in [-0.39, 0.29) is 24.4 Å². The molecule has 0 radical (unpaired) electrons. The summed E-state index contributed by atoms with van der Waals surface area (Å²) in [6.07, 6.45) is 0. The minimum absolute atomic E-state index is 0.0103. The maximum absolute atomic E-state index is 13.4. The number of nitrogens with zero attached hydrogens (tertiary/aromatic N) is 2. The van der Waals surface area contributed by atoms with Crippen molar-refractivity contribution < 1.29 is 14.4 Å². The van der Waals surface area contributed by atoms with Gasteiger partial charge in [0.15, 0.2) is 5.82 Å². The van der Waals surface area contributed by atoms with Crippen molar-refractivity contribution in [2.75, 3.05) is 18.5 Å². The van der Waals surface area contributed by atoms with Crippen molar-refractivity contribution in [3.63, 3.8) is 0 Å². The average Bonchev–Trinajstić information content (AvgIpc) is 2.26. The van der Waals surface area contributed by atoms with Crippen LogP contribution in [-0.2, 0) is 0 Å². The Morgan fingerprint density at radius 2 is 2.31 bits per heavy atom. The lowest BCUT2D eigenvalue weighted by Crippen LogP contribution is -2.09. The molecule has 0 aromatic heterocycles. The lowest BCUT2D eigenvalue weighted by atomic mass is 10.1. The van der Waals surface area contributed by atoms with Crippen LogP contribution in [0.5, 0.6) is 0 Å². The van der Waals surface area contributed by atoms with Gasteiger partial charge in [-0.3, -0.25) is 10.1 Å². The quantitative estimate of drug-likeness (QED) is 0.588. The van der Waals surface area contributed by atoms with E-state index in [1.54, 1.807) is 6.07 Å². The van der Waals surface area contributed by atoms with Crippen LogP contribution in [0, 0.1) is 27.3 Å². The molecule has 0 amide bonds. The molecule has 1 aromatic carbocycles. The number of nitro benzene ring substituents is 1. The molecule has 0 unspecified atom stereocenters. The summed E-state index contributed by atoms with van der Waals surface area (Å²) >= 11 is 0. The van der Waals surface area contributed by atoms with Gasteiger partial charge in [-0.25, -0.2) is 4.39 Å². The second-order valence-corrected chi connectivity index (χ2v) is 2.87. The summed E-state index contributed by atoms with van der Waals surface area (Å²) in [6, 6.07) is 3.50. The fraction of sp³-hybridized carbons (Fsp3) is 0.222. The zero-order chi connectivity index (χ0) is 12.1. The number of rotatable bonds is 4. The Balaban J connectivity index is 3.24. The molecule has 84 valence electrons. The molecule has 1 rings (SSSR count). The van der Waals surface area contributed by atoms with Crippen molar-refractivity contribution in [1.29, 1.82) is 5.26 Å². The maximum atomic E-state index is 13.4. The third-order valence-corrected chi connectivity index (χ3v) is 1.81. The number of benzene rings is 1. The Labute approximate surface area is 90.1 Å². The molecule has 0 aliphatic rings. The van der Waals surface area contributed by atoms with Gasteiger partial charge >= 0.3 is 0 Å². The van der Waals surface area contributed by atoms with E-state index in [0.717, 1.165) is 12.1 Å². The number of hydrogen-bond donors (Lipinski definition) is 2. The summed E-state index contributed by atoms with van der Waals surface area (Å²) in [5.41, 5.74) is -0.971. The third-order valence-electron chi connectivity index (χ3n) is 1.81. The molecule has 7 heteroatoms. The Bertz CT molecular complexity index is 456. The van der Waals surface area contributed by atoms with Gasteiger partial charge in [-0.2, -0.15) is 5.26 Å². The third kappa shape index (κ3) is 2.43. The highest BCUT2D eigenvalue weighted by molar-refractivity contribution is 5.65. The van der Waals surface area contributed by atoms with E-state index in [2.05, 4.69) is 5.32 Å². The monoisotopic (exact) mass is 225 g/mol. The highest BCUT2D eigenvalue weighted by Gasteiger charge is 2.19. The summed E-state index contributed by atoms with van der Waals surface area (Å²) in [5.74, 6) is -0.890. The molecular formula is C9H8FN3O3. The molecule has 1 aromatic rings. The van der Waals surface area contributed by atoms with Crippen LogP contribution >= 0.6 is 0 Å². The maximum Gasteiger partial charge on any atom is 0.296 e. The van der Waals surface area contributed by atoms with Gasteiger partial charge in [-0.05, 0) is 6.07 Å². The van der Waals surface area contributed by atoms with Crippen LogP contribution in [0.1, 0.15) is 5.56 Å². The number of nitro groups is 1. The fourth-order valence-electron chi connectivity index (χ4n) is 1.16. The van der Waals surface area contributed by atoms with Crippen molar-refractivity contribution >= 4 is 11.4 Å². The van der Waals surface area contributed by atoms with E-state index in [1.165, 1.54) is 0 Å². The molecule has 0 bridgehead atoms. The first-order valence-electron chi connectivity index (χ1n) is 4.33. The number of nitriles is 1. The topological polar surface area (TPSA) is 99.2 Å². The number of aliphatic hydroxyl groups excluding tert-OH is 1. The van der Waals surface area contributed by atoms with E-state index in [9.17, 15) is 14.5 Å². The molecule has 0 fully saturated rings. The van der Waals surface area contributed by atoms with Crippen LogP contribution in [0.2, 0.25) is 0 Å². The van der Waals surface area contributed by atoms with Crippen LogP contribution in [0.3, 0.4) is 0 Å². The van der Waals surface area contributed by atoms with Gasteiger partial charge in [0.05, 0.1) is 23.2 Å². The number of anilines is 1. The predicted octanol–water partition coefficient (Wildman–Crippen LogP) is 1.01. The molecule has 0 aliphatic carbocycles. The number of halogens is 1. The normalized spacial score (nSPS) is 9.56. The minimum Gasteiger partial charge on any atom is -0.395 e. The zero-order valence-corrected chi connectivity index (χ0v) is 8.11. The molecular weight excluding hydrogens is 217 g/mol. The smallest absolute Gasteiger partial charge is 0.296 e. The molecule has 0 heterocycles.